The molecule has 28 heavy (non-hydrogen) atoms. The maximum absolute atomic E-state index is 12.9. The first-order valence-corrected chi connectivity index (χ1v) is 11.3. The van der Waals surface area contributed by atoms with Crippen LogP contribution >= 0.6 is 11.6 Å². The van der Waals surface area contributed by atoms with Gasteiger partial charge in [-0.1, -0.05) is 44.0 Å². The van der Waals surface area contributed by atoms with Crippen LogP contribution in [0, 0.1) is 0 Å². The van der Waals surface area contributed by atoms with Crippen LogP contribution in [0.25, 0.3) is 0 Å². The average Bonchev–Trinajstić information content (AvgIpc) is 2.69. The molecule has 3 rings (SSSR count). The first kappa shape index (κ1) is 20.8. The van der Waals surface area contributed by atoms with Crippen molar-refractivity contribution in [3.8, 4) is 0 Å². The van der Waals surface area contributed by atoms with Gasteiger partial charge in [0.2, 0.25) is 10.0 Å². The van der Waals surface area contributed by atoms with Crippen LogP contribution in [0.5, 0.6) is 0 Å². The molecule has 0 atom stereocenters. The predicted octanol–water partition coefficient (Wildman–Crippen LogP) is 4.89. The van der Waals surface area contributed by atoms with Gasteiger partial charge in [-0.3, -0.25) is 4.79 Å². The lowest BCUT2D eigenvalue weighted by molar-refractivity contribution is 0.102. The predicted molar refractivity (Wildman–Crippen MR) is 113 cm³/mol. The van der Waals surface area contributed by atoms with E-state index in [-0.39, 0.29) is 15.5 Å². The van der Waals surface area contributed by atoms with Crippen LogP contribution in [0.4, 0.5) is 5.69 Å². The normalized spacial score (nSPS) is 15.6. The molecule has 5 nitrogen and oxygen atoms in total. The zero-order valence-electron chi connectivity index (χ0n) is 16.1. The van der Waals surface area contributed by atoms with Crippen LogP contribution in [0.2, 0.25) is 5.02 Å². The molecule has 2 aromatic carbocycles. The van der Waals surface area contributed by atoms with Crippen molar-refractivity contribution in [1.82, 2.24) is 4.31 Å². The molecule has 0 bridgehead atoms. The number of anilines is 1. The van der Waals surface area contributed by atoms with E-state index < -0.39 is 15.9 Å². The second kappa shape index (κ2) is 8.64. The van der Waals surface area contributed by atoms with E-state index in [1.165, 1.54) is 28.1 Å². The summed E-state index contributed by atoms with van der Waals surface area (Å²) in [7, 11) is -3.63. The number of benzene rings is 2. The number of nitrogens with one attached hydrogen (secondary N) is 1. The molecule has 1 amide bonds. The number of piperidine rings is 1. The monoisotopic (exact) mass is 420 g/mol. The van der Waals surface area contributed by atoms with Crippen molar-refractivity contribution < 1.29 is 13.2 Å². The van der Waals surface area contributed by atoms with E-state index in [4.69, 9.17) is 11.6 Å². The van der Waals surface area contributed by atoms with Gasteiger partial charge in [0.05, 0.1) is 15.5 Å². The minimum Gasteiger partial charge on any atom is -0.322 e. The number of sulfonamides is 1. The Labute approximate surface area is 171 Å². The summed E-state index contributed by atoms with van der Waals surface area (Å²) in [6.07, 6.45) is 2.75. The molecule has 2 aromatic rings. The van der Waals surface area contributed by atoms with Gasteiger partial charge in [0.25, 0.3) is 5.91 Å². The van der Waals surface area contributed by atoms with E-state index >= 15 is 0 Å². The van der Waals surface area contributed by atoms with E-state index in [2.05, 4.69) is 19.2 Å². The third-order valence-corrected chi connectivity index (χ3v) is 7.19. The van der Waals surface area contributed by atoms with Gasteiger partial charge < -0.3 is 5.32 Å². The van der Waals surface area contributed by atoms with Gasteiger partial charge in [-0.2, -0.15) is 4.31 Å². The Morgan fingerprint density at radius 3 is 2.29 bits per heavy atom. The van der Waals surface area contributed by atoms with Gasteiger partial charge >= 0.3 is 0 Å². The van der Waals surface area contributed by atoms with Gasteiger partial charge in [0.1, 0.15) is 0 Å². The molecule has 150 valence electrons. The molecule has 1 aliphatic rings. The standard InChI is InChI=1S/C21H25ClN2O3S/c1-15(2)16-6-8-17(9-7-16)23-21(25)19-14-18(10-11-20(19)22)28(26,27)24-12-4-3-5-13-24/h6-11,14-15H,3-5,12-13H2,1-2H3,(H,23,25). The van der Waals surface area contributed by atoms with Crippen molar-refractivity contribution in [2.24, 2.45) is 0 Å². The van der Waals surface area contributed by atoms with Gasteiger partial charge in [-0.15, -0.1) is 0 Å². The Morgan fingerprint density at radius 2 is 1.68 bits per heavy atom. The Hall–Kier alpha value is -1.89. The summed E-state index contributed by atoms with van der Waals surface area (Å²) >= 11 is 6.19. The minimum absolute atomic E-state index is 0.0964. The molecule has 1 heterocycles. The molecular weight excluding hydrogens is 396 g/mol. The largest absolute Gasteiger partial charge is 0.322 e. The van der Waals surface area contributed by atoms with Crippen molar-refractivity contribution >= 4 is 33.2 Å². The number of nitrogens with zero attached hydrogens (tertiary/aromatic N) is 1. The number of rotatable bonds is 5. The number of carbonyl (C=O) groups excluding carboxylic acids is 1. The zero-order chi connectivity index (χ0) is 20.3. The fourth-order valence-electron chi connectivity index (χ4n) is 3.24. The molecule has 0 spiro atoms. The number of halogens is 1. The third-order valence-electron chi connectivity index (χ3n) is 4.97. The van der Waals surface area contributed by atoms with Crippen LogP contribution in [-0.4, -0.2) is 31.7 Å². The summed E-state index contributed by atoms with van der Waals surface area (Å²) in [5.74, 6) is -0.0335. The van der Waals surface area contributed by atoms with Crippen LogP contribution in [-0.2, 0) is 10.0 Å². The van der Waals surface area contributed by atoms with Gasteiger partial charge in [0.15, 0.2) is 0 Å². The Morgan fingerprint density at radius 1 is 1.04 bits per heavy atom. The zero-order valence-corrected chi connectivity index (χ0v) is 17.7. The fraction of sp³-hybridized carbons (Fsp3) is 0.381. The summed E-state index contributed by atoms with van der Waals surface area (Å²) in [4.78, 5) is 12.8. The Kier molecular flexibility index (Phi) is 6.43. The molecule has 1 fully saturated rings. The highest BCUT2D eigenvalue weighted by atomic mass is 35.5. The second-order valence-corrected chi connectivity index (χ2v) is 9.68. The second-order valence-electron chi connectivity index (χ2n) is 7.34. The fourth-order valence-corrected chi connectivity index (χ4v) is 4.99. The molecule has 1 saturated heterocycles. The molecule has 0 saturated carbocycles. The Bertz CT molecular complexity index is 950. The van der Waals surface area contributed by atoms with Gasteiger partial charge in [-0.05, 0) is 54.7 Å². The SMILES string of the molecule is CC(C)c1ccc(NC(=O)c2cc(S(=O)(=O)N3CCCCC3)ccc2Cl)cc1. The summed E-state index contributed by atoms with van der Waals surface area (Å²) in [6.45, 7) is 5.21. The number of hydrogen-bond donors (Lipinski definition) is 1. The smallest absolute Gasteiger partial charge is 0.257 e. The van der Waals surface area contributed by atoms with Crippen molar-refractivity contribution in [1.29, 1.82) is 0 Å². The highest BCUT2D eigenvalue weighted by molar-refractivity contribution is 7.89. The molecule has 7 heteroatoms. The number of hydrogen-bond acceptors (Lipinski definition) is 3. The van der Waals surface area contributed by atoms with E-state index in [1.807, 2.05) is 24.3 Å². The molecule has 1 aliphatic heterocycles. The molecule has 0 aliphatic carbocycles. The molecular formula is C21H25ClN2O3S. The van der Waals surface area contributed by atoms with E-state index in [0.29, 0.717) is 24.7 Å². The Balaban J connectivity index is 1.83. The highest BCUT2D eigenvalue weighted by Crippen LogP contribution is 2.26. The lowest BCUT2D eigenvalue weighted by Crippen LogP contribution is -2.35. The average molecular weight is 421 g/mol. The lowest BCUT2D eigenvalue weighted by atomic mass is 10.0. The van der Waals surface area contributed by atoms with E-state index in [0.717, 1.165) is 19.3 Å². The lowest BCUT2D eigenvalue weighted by Gasteiger charge is -2.26. The van der Waals surface area contributed by atoms with Gasteiger partial charge in [-0.25, -0.2) is 8.42 Å². The van der Waals surface area contributed by atoms with Crippen LogP contribution in [0.15, 0.2) is 47.4 Å². The van der Waals surface area contributed by atoms with Gasteiger partial charge in [0, 0.05) is 18.8 Å². The summed E-state index contributed by atoms with van der Waals surface area (Å²) in [5.41, 5.74) is 1.95. The third kappa shape index (κ3) is 4.57. The van der Waals surface area contributed by atoms with Crippen molar-refractivity contribution in [2.45, 2.75) is 43.9 Å². The molecule has 0 aromatic heterocycles. The van der Waals surface area contributed by atoms with Crippen LogP contribution in [0.3, 0.4) is 0 Å². The van der Waals surface area contributed by atoms with E-state index in [1.54, 1.807) is 0 Å². The number of amides is 1. The topological polar surface area (TPSA) is 66.5 Å². The molecule has 0 radical (unpaired) electrons. The van der Waals surface area contributed by atoms with Crippen molar-refractivity contribution in [2.75, 3.05) is 18.4 Å². The first-order chi connectivity index (χ1) is 13.3. The minimum atomic E-state index is -3.63. The van der Waals surface area contributed by atoms with Crippen molar-refractivity contribution in [3.05, 3.63) is 58.6 Å². The highest BCUT2D eigenvalue weighted by Gasteiger charge is 2.27. The van der Waals surface area contributed by atoms with Crippen LogP contribution < -0.4 is 5.32 Å². The first-order valence-electron chi connectivity index (χ1n) is 9.50. The summed E-state index contributed by atoms with van der Waals surface area (Å²) in [6, 6.07) is 11.9. The molecule has 1 N–H and O–H groups in total. The quantitative estimate of drug-likeness (QED) is 0.748. The maximum atomic E-state index is 12.9. The van der Waals surface area contributed by atoms with E-state index in [9.17, 15) is 13.2 Å². The summed E-state index contributed by atoms with van der Waals surface area (Å²) < 4.78 is 27.2. The van der Waals surface area contributed by atoms with Crippen LogP contribution in [0.1, 0.15) is 54.9 Å². The molecule has 0 unspecified atom stereocenters. The van der Waals surface area contributed by atoms with Crippen molar-refractivity contribution in [3.63, 3.8) is 0 Å². The maximum Gasteiger partial charge on any atom is 0.257 e. The number of carbonyl (C=O) groups is 1. The summed E-state index contributed by atoms with van der Waals surface area (Å²) in [5, 5.41) is 3.01.